The second-order valence-electron chi connectivity index (χ2n) is 5.44. The van der Waals surface area contributed by atoms with Gasteiger partial charge < -0.3 is 9.80 Å². The van der Waals surface area contributed by atoms with Crippen LogP contribution in [0.2, 0.25) is 0 Å². The van der Waals surface area contributed by atoms with Gasteiger partial charge in [0.1, 0.15) is 5.82 Å². The van der Waals surface area contributed by atoms with Crippen molar-refractivity contribution in [3.05, 3.63) is 29.7 Å². The highest BCUT2D eigenvalue weighted by Crippen LogP contribution is 2.08. The third kappa shape index (κ3) is 2.77. The van der Waals surface area contributed by atoms with Crippen molar-refractivity contribution in [1.82, 2.24) is 24.4 Å². The Bertz CT molecular complexity index is 554. The first-order chi connectivity index (χ1) is 9.22. The summed E-state index contributed by atoms with van der Waals surface area (Å²) in [5.41, 5.74) is 2.18. The summed E-state index contributed by atoms with van der Waals surface area (Å²) in [5.74, 6) is 1.06. The lowest BCUT2D eigenvalue weighted by Gasteiger charge is -2.32. The van der Waals surface area contributed by atoms with Crippen molar-refractivity contribution in [2.45, 2.75) is 13.3 Å². The van der Waals surface area contributed by atoms with Crippen LogP contribution in [-0.2, 0) is 6.42 Å². The zero-order chi connectivity index (χ0) is 13.2. The first kappa shape index (κ1) is 12.6. The summed E-state index contributed by atoms with van der Waals surface area (Å²) in [4.78, 5) is 4.89. The number of nitrogens with zero attached hydrogens (tertiary/aromatic N) is 5. The molecule has 102 valence electrons. The summed E-state index contributed by atoms with van der Waals surface area (Å²) in [5, 5.41) is 8.55. The van der Waals surface area contributed by atoms with Crippen LogP contribution in [0.5, 0.6) is 0 Å². The number of fused-ring (bicyclic) bond motifs is 1. The van der Waals surface area contributed by atoms with Crippen LogP contribution in [-0.4, -0.2) is 64.2 Å². The zero-order valence-corrected chi connectivity index (χ0v) is 11.7. The maximum Gasteiger partial charge on any atom is 0.161 e. The van der Waals surface area contributed by atoms with E-state index >= 15 is 0 Å². The Hall–Kier alpha value is -1.46. The van der Waals surface area contributed by atoms with Gasteiger partial charge in [-0.05, 0) is 31.7 Å². The van der Waals surface area contributed by atoms with Gasteiger partial charge in [-0.1, -0.05) is 0 Å². The van der Waals surface area contributed by atoms with Crippen molar-refractivity contribution in [1.29, 1.82) is 0 Å². The lowest BCUT2D eigenvalue weighted by atomic mass is 10.3. The molecule has 2 aromatic rings. The lowest BCUT2D eigenvalue weighted by Crippen LogP contribution is -2.45. The van der Waals surface area contributed by atoms with Crippen LogP contribution in [0, 0.1) is 6.92 Å². The summed E-state index contributed by atoms with van der Waals surface area (Å²) in [6.45, 7) is 7.80. The third-order valence-corrected chi connectivity index (χ3v) is 3.88. The molecule has 0 spiro atoms. The average Bonchev–Trinajstić information content (AvgIpc) is 2.80. The Morgan fingerprint density at radius 1 is 1.16 bits per heavy atom. The fourth-order valence-electron chi connectivity index (χ4n) is 2.54. The van der Waals surface area contributed by atoms with E-state index in [1.54, 1.807) is 0 Å². The quantitative estimate of drug-likeness (QED) is 0.818. The molecule has 3 rings (SSSR count). The van der Waals surface area contributed by atoms with Gasteiger partial charge in [0.25, 0.3) is 0 Å². The van der Waals surface area contributed by atoms with Gasteiger partial charge in [0, 0.05) is 45.3 Å². The molecule has 19 heavy (non-hydrogen) atoms. The van der Waals surface area contributed by atoms with E-state index < -0.39 is 0 Å². The van der Waals surface area contributed by atoms with Crippen molar-refractivity contribution < 1.29 is 0 Å². The molecular formula is C14H21N5. The predicted octanol–water partition coefficient (Wildman–Crippen LogP) is 0.828. The van der Waals surface area contributed by atoms with Gasteiger partial charge in [0.2, 0.25) is 0 Å². The molecule has 0 atom stereocenters. The minimum Gasteiger partial charge on any atom is -0.304 e. The zero-order valence-electron chi connectivity index (χ0n) is 11.7. The van der Waals surface area contributed by atoms with Crippen molar-refractivity contribution in [3.8, 4) is 0 Å². The van der Waals surface area contributed by atoms with Crippen LogP contribution in [0.1, 0.15) is 11.4 Å². The van der Waals surface area contributed by atoms with E-state index in [0.29, 0.717) is 0 Å². The highest BCUT2D eigenvalue weighted by molar-refractivity contribution is 5.40. The number of hydrogen-bond acceptors (Lipinski definition) is 4. The summed E-state index contributed by atoms with van der Waals surface area (Å²) in [7, 11) is 2.19. The van der Waals surface area contributed by atoms with E-state index in [1.807, 2.05) is 0 Å². The van der Waals surface area contributed by atoms with E-state index in [4.69, 9.17) is 0 Å². The second kappa shape index (κ2) is 5.27. The molecule has 5 nitrogen and oxygen atoms in total. The molecule has 0 amide bonds. The topological polar surface area (TPSA) is 36.7 Å². The SMILES string of the molecule is Cc1ccn2c(CCN3CCN(C)CC3)nnc2c1. The monoisotopic (exact) mass is 259 g/mol. The number of hydrogen-bond donors (Lipinski definition) is 0. The molecule has 1 fully saturated rings. The molecule has 0 bridgehead atoms. The van der Waals surface area contributed by atoms with Crippen molar-refractivity contribution in [2.75, 3.05) is 39.8 Å². The minimum absolute atomic E-state index is 0.952. The molecule has 0 unspecified atom stereocenters. The summed E-state index contributed by atoms with van der Waals surface area (Å²) >= 11 is 0. The van der Waals surface area contributed by atoms with Crippen LogP contribution >= 0.6 is 0 Å². The van der Waals surface area contributed by atoms with Gasteiger partial charge in [-0.25, -0.2) is 0 Å². The first-order valence-electron chi connectivity index (χ1n) is 6.93. The number of aryl methyl sites for hydroxylation is 1. The van der Waals surface area contributed by atoms with Crippen molar-refractivity contribution >= 4 is 5.65 Å². The van der Waals surface area contributed by atoms with Crippen molar-refractivity contribution in [2.24, 2.45) is 0 Å². The van der Waals surface area contributed by atoms with Crippen LogP contribution in [0.3, 0.4) is 0 Å². The van der Waals surface area contributed by atoms with E-state index in [1.165, 1.54) is 18.7 Å². The number of aromatic nitrogens is 3. The van der Waals surface area contributed by atoms with E-state index in [2.05, 4.69) is 56.7 Å². The minimum atomic E-state index is 0.952. The Morgan fingerprint density at radius 2 is 1.95 bits per heavy atom. The van der Waals surface area contributed by atoms with Gasteiger partial charge in [-0.2, -0.15) is 0 Å². The fraction of sp³-hybridized carbons (Fsp3) is 0.571. The Labute approximate surface area is 113 Å². The van der Waals surface area contributed by atoms with E-state index in [-0.39, 0.29) is 0 Å². The Kier molecular flexibility index (Phi) is 3.48. The normalized spacial score (nSPS) is 18.2. The molecular weight excluding hydrogens is 238 g/mol. The largest absolute Gasteiger partial charge is 0.304 e. The van der Waals surface area contributed by atoms with Crippen LogP contribution in [0.25, 0.3) is 5.65 Å². The number of piperazine rings is 1. The second-order valence-corrected chi connectivity index (χ2v) is 5.44. The molecule has 1 aliphatic rings. The maximum atomic E-state index is 4.31. The molecule has 0 N–H and O–H groups in total. The highest BCUT2D eigenvalue weighted by atomic mass is 15.3. The fourth-order valence-corrected chi connectivity index (χ4v) is 2.54. The van der Waals surface area contributed by atoms with Gasteiger partial charge in [0.05, 0.1) is 0 Å². The highest BCUT2D eigenvalue weighted by Gasteiger charge is 2.14. The number of rotatable bonds is 3. The van der Waals surface area contributed by atoms with Crippen LogP contribution in [0.4, 0.5) is 0 Å². The summed E-state index contributed by atoms with van der Waals surface area (Å²) in [6, 6.07) is 4.18. The first-order valence-corrected chi connectivity index (χ1v) is 6.93. The standard InChI is InChI=1S/C14H21N5/c1-12-3-6-19-13(15-16-14(19)11-12)4-5-18-9-7-17(2)8-10-18/h3,6,11H,4-5,7-10H2,1-2H3. The molecule has 3 heterocycles. The molecule has 0 radical (unpaired) electrons. The molecule has 5 heteroatoms. The predicted molar refractivity (Wildman–Crippen MR) is 75.4 cm³/mol. The van der Waals surface area contributed by atoms with Crippen LogP contribution < -0.4 is 0 Å². The summed E-state index contributed by atoms with van der Waals surface area (Å²) in [6.07, 6.45) is 3.04. The Balaban J connectivity index is 1.65. The van der Waals surface area contributed by atoms with Crippen molar-refractivity contribution in [3.63, 3.8) is 0 Å². The molecule has 0 aliphatic carbocycles. The van der Waals surface area contributed by atoms with Gasteiger partial charge in [-0.15, -0.1) is 10.2 Å². The lowest BCUT2D eigenvalue weighted by molar-refractivity contribution is 0.155. The van der Waals surface area contributed by atoms with Gasteiger partial charge >= 0.3 is 0 Å². The Morgan fingerprint density at radius 3 is 2.74 bits per heavy atom. The molecule has 1 saturated heterocycles. The van der Waals surface area contributed by atoms with E-state index in [9.17, 15) is 0 Å². The average molecular weight is 259 g/mol. The molecule has 1 aliphatic heterocycles. The van der Waals surface area contributed by atoms with Gasteiger partial charge in [-0.3, -0.25) is 4.40 Å². The number of pyridine rings is 1. The number of likely N-dealkylation sites (N-methyl/N-ethyl adjacent to an activating group) is 1. The van der Waals surface area contributed by atoms with Gasteiger partial charge in [0.15, 0.2) is 5.65 Å². The molecule has 0 saturated carbocycles. The third-order valence-electron chi connectivity index (χ3n) is 3.88. The maximum absolute atomic E-state index is 4.31. The van der Waals surface area contributed by atoms with E-state index in [0.717, 1.165) is 37.5 Å². The molecule has 0 aromatic carbocycles. The van der Waals surface area contributed by atoms with Crippen LogP contribution in [0.15, 0.2) is 18.3 Å². The summed E-state index contributed by atoms with van der Waals surface area (Å²) < 4.78 is 2.10. The smallest absolute Gasteiger partial charge is 0.161 e. The molecule has 2 aromatic heterocycles.